The van der Waals surface area contributed by atoms with E-state index in [2.05, 4.69) is 15.6 Å². The molecule has 2 rings (SSSR count). The molecule has 1 heterocycles. The molecular formula is C10H12ClN3O. The summed E-state index contributed by atoms with van der Waals surface area (Å²) in [4.78, 5) is 4.23. The van der Waals surface area contributed by atoms with Gasteiger partial charge in [-0.3, -0.25) is 4.99 Å². The Morgan fingerprint density at radius 2 is 2.40 bits per heavy atom. The Morgan fingerprint density at radius 1 is 1.53 bits per heavy atom. The molecule has 1 aromatic rings. The molecule has 15 heavy (non-hydrogen) atoms. The Kier molecular flexibility index (Phi) is 2.97. The van der Waals surface area contributed by atoms with Crippen LogP contribution in [-0.2, 0) is 0 Å². The van der Waals surface area contributed by atoms with Crippen LogP contribution in [0.5, 0.6) is 5.75 Å². The molecule has 0 saturated heterocycles. The zero-order valence-electron chi connectivity index (χ0n) is 8.38. The van der Waals surface area contributed by atoms with E-state index in [4.69, 9.17) is 16.3 Å². The molecule has 0 aliphatic carbocycles. The number of hydrogen-bond acceptors (Lipinski definition) is 4. The first-order chi connectivity index (χ1) is 7.29. The fraction of sp³-hybridized carbons (Fsp3) is 0.300. The van der Waals surface area contributed by atoms with E-state index in [1.165, 1.54) is 0 Å². The van der Waals surface area contributed by atoms with Gasteiger partial charge in [-0.15, -0.1) is 0 Å². The molecule has 0 spiro atoms. The molecule has 0 aromatic heterocycles. The van der Waals surface area contributed by atoms with Crippen LogP contribution in [0.4, 0.5) is 5.69 Å². The van der Waals surface area contributed by atoms with Crippen molar-refractivity contribution in [1.82, 2.24) is 5.32 Å². The Balaban J connectivity index is 2.14. The van der Waals surface area contributed by atoms with Crippen molar-refractivity contribution in [2.75, 3.05) is 25.5 Å². The molecule has 80 valence electrons. The van der Waals surface area contributed by atoms with E-state index in [0.29, 0.717) is 10.8 Å². The topological polar surface area (TPSA) is 45.6 Å². The third kappa shape index (κ3) is 2.33. The van der Waals surface area contributed by atoms with E-state index >= 15 is 0 Å². The van der Waals surface area contributed by atoms with Crippen molar-refractivity contribution in [2.24, 2.45) is 4.99 Å². The maximum Gasteiger partial charge on any atom is 0.195 e. The minimum Gasteiger partial charge on any atom is -0.495 e. The summed E-state index contributed by atoms with van der Waals surface area (Å²) < 4.78 is 5.12. The average molecular weight is 226 g/mol. The number of benzene rings is 1. The van der Waals surface area contributed by atoms with Crippen LogP contribution in [0.15, 0.2) is 23.2 Å². The van der Waals surface area contributed by atoms with Crippen molar-refractivity contribution in [3.8, 4) is 5.75 Å². The number of nitrogens with one attached hydrogen (secondary N) is 2. The zero-order chi connectivity index (χ0) is 10.7. The molecule has 5 heteroatoms. The van der Waals surface area contributed by atoms with Crippen LogP contribution in [0, 0.1) is 0 Å². The highest BCUT2D eigenvalue weighted by molar-refractivity contribution is 6.32. The number of guanidine groups is 1. The summed E-state index contributed by atoms with van der Waals surface area (Å²) in [5, 5.41) is 6.87. The predicted molar refractivity (Wildman–Crippen MR) is 61.9 cm³/mol. The summed E-state index contributed by atoms with van der Waals surface area (Å²) in [6.45, 7) is 1.69. The molecular weight excluding hydrogens is 214 g/mol. The highest BCUT2D eigenvalue weighted by atomic mass is 35.5. The summed E-state index contributed by atoms with van der Waals surface area (Å²) in [6, 6.07) is 5.51. The number of nitrogens with zero attached hydrogens (tertiary/aromatic N) is 1. The zero-order valence-corrected chi connectivity index (χ0v) is 9.14. The van der Waals surface area contributed by atoms with E-state index in [1.807, 2.05) is 12.1 Å². The molecule has 2 N–H and O–H groups in total. The molecule has 1 aromatic carbocycles. The third-order valence-corrected chi connectivity index (χ3v) is 2.40. The third-order valence-electron chi connectivity index (χ3n) is 2.09. The minimum absolute atomic E-state index is 0.601. The molecule has 0 fully saturated rings. The Hall–Kier alpha value is -1.42. The monoisotopic (exact) mass is 225 g/mol. The van der Waals surface area contributed by atoms with Crippen molar-refractivity contribution in [3.63, 3.8) is 0 Å². The minimum atomic E-state index is 0.601. The van der Waals surface area contributed by atoms with Crippen LogP contribution in [0.1, 0.15) is 0 Å². The lowest BCUT2D eigenvalue weighted by Crippen LogP contribution is -2.26. The Morgan fingerprint density at radius 3 is 3.07 bits per heavy atom. The molecule has 0 amide bonds. The van der Waals surface area contributed by atoms with Crippen LogP contribution in [0.2, 0.25) is 5.02 Å². The van der Waals surface area contributed by atoms with Gasteiger partial charge in [0, 0.05) is 18.3 Å². The average Bonchev–Trinajstić information content (AvgIpc) is 2.73. The normalized spacial score (nSPS) is 14.4. The number of hydrogen-bond donors (Lipinski definition) is 2. The maximum absolute atomic E-state index is 5.91. The summed E-state index contributed by atoms with van der Waals surface area (Å²) in [5.41, 5.74) is 0.907. The van der Waals surface area contributed by atoms with E-state index in [-0.39, 0.29) is 0 Å². The Bertz CT molecular complexity index is 392. The van der Waals surface area contributed by atoms with Crippen molar-refractivity contribution < 1.29 is 4.74 Å². The van der Waals surface area contributed by atoms with Gasteiger partial charge in [0.2, 0.25) is 0 Å². The second-order valence-corrected chi connectivity index (χ2v) is 3.54. The number of halogens is 1. The first-order valence-electron chi connectivity index (χ1n) is 4.68. The number of methoxy groups -OCH3 is 1. The molecule has 0 bridgehead atoms. The van der Waals surface area contributed by atoms with Gasteiger partial charge < -0.3 is 15.4 Å². The largest absolute Gasteiger partial charge is 0.495 e. The van der Waals surface area contributed by atoms with Crippen molar-refractivity contribution in [1.29, 1.82) is 0 Å². The summed E-state index contributed by atoms with van der Waals surface area (Å²) in [6.07, 6.45) is 0. The predicted octanol–water partition coefficient (Wildman–Crippen LogP) is 1.72. The molecule has 0 radical (unpaired) electrons. The second kappa shape index (κ2) is 4.40. The van der Waals surface area contributed by atoms with Crippen LogP contribution in [0.25, 0.3) is 0 Å². The highest BCUT2D eigenvalue weighted by Crippen LogP contribution is 2.27. The van der Waals surface area contributed by atoms with Gasteiger partial charge in [0.15, 0.2) is 5.96 Å². The lowest BCUT2D eigenvalue weighted by Gasteiger charge is -2.09. The summed E-state index contributed by atoms with van der Waals surface area (Å²) >= 11 is 5.91. The molecule has 0 unspecified atom stereocenters. The van der Waals surface area contributed by atoms with Crippen molar-refractivity contribution in [3.05, 3.63) is 23.2 Å². The van der Waals surface area contributed by atoms with Gasteiger partial charge in [0.05, 0.1) is 18.7 Å². The standard InChI is InChI=1S/C10H12ClN3O/c1-15-9-6-7(2-3-8(9)11)14-10-12-4-5-13-10/h2-3,6H,4-5H2,1H3,(H2,12,13,14). The van der Waals surface area contributed by atoms with Gasteiger partial charge in [-0.25, -0.2) is 0 Å². The van der Waals surface area contributed by atoms with Crippen LogP contribution in [0.3, 0.4) is 0 Å². The fourth-order valence-electron chi connectivity index (χ4n) is 1.36. The van der Waals surface area contributed by atoms with Crippen LogP contribution < -0.4 is 15.4 Å². The van der Waals surface area contributed by atoms with Gasteiger partial charge >= 0.3 is 0 Å². The molecule has 1 aliphatic rings. The van der Waals surface area contributed by atoms with Gasteiger partial charge in [-0.1, -0.05) is 11.6 Å². The van der Waals surface area contributed by atoms with Crippen LogP contribution >= 0.6 is 11.6 Å². The smallest absolute Gasteiger partial charge is 0.195 e. The second-order valence-electron chi connectivity index (χ2n) is 3.13. The number of aliphatic imine (C=N–C) groups is 1. The highest BCUT2D eigenvalue weighted by Gasteiger charge is 2.06. The van der Waals surface area contributed by atoms with Gasteiger partial charge in [0.1, 0.15) is 5.75 Å². The van der Waals surface area contributed by atoms with Crippen molar-refractivity contribution in [2.45, 2.75) is 0 Å². The van der Waals surface area contributed by atoms with E-state index in [0.717, 1.165) is 24.7 Å². The Labute approximate surface area is 93.3 Å². The molecule has 1 aliphatic heterocycles. The van der Waals surface area contributed by atoms with Gasteiger partial charge in [0.25, 0.3) is 0 Å². The lowest BCUT2D eigenvalue weighted by atomic mass is 10.3. The first kappa shape index (κ1) is 10.1. The molecule has 0 saturated carbocycles. The quantitative estimate of drug-likeness (QED) is 0.806. The van der Waals surface area contributed by atoms with E-state index in [1.54, 1.807) is 13.2 Å². The van der Waals surface area contributed by atoms with E-state index in [9.17, 15) is 0 Å². The lowest BCUT2D eigenvalue weighted by molar-refractivity contribution is 0.415. The van der Waals surface area contributed by atoms with Gasteiger partial charge in [-0.2, -0.15) is 0 Å². The molecule has 4 nitrogen and oxygen atoms in total. The van der Waals surface area contributed by atoms with E-state index < -0.39 is 0 Å². The SMILES string of the molecule is COc1cc(NC2=NCCN2)ccc1Cl. The van der Waals surface area contributed by atoms with Crippen LogP contribution in [-0.4, -0.2) is 26.2 Å². The number of rotatable bonds is 2. The molecule has 0 atom stereocenters. The number of anilines is 1. The maximum atomic E-state index is 5.91. The van der Waals surface area contributed by atoms with Gasteiger partial charge in [-0.05, 0) is 12.1 Å². The first-order valence-corrected chi connectivity index (χ1v) is 5.06. The number of ether oxygens (including phenoxy) is 1. The fourth-order valence-corrected chi connectivity index (χ4v) is 1.55. The van der Waals surface area contributed by atoms with Crippen molar-refractivity contribution >= 4 is 23.2 Å². The summed E-state index contributed by atoms with van der Waals surface area (Å²) in [7, 11) is 1.59. The summed E-state index contributed by atoms with van der Waals surface area (Å²) in [5.74, 6) is 1.44.